The summed E-state index contributed by atoms with van der Waals surface area (Å²) in [5.74, 6) is -0.0530. The molecule has 0 N–H and O–H groups in total. The van der Waals surface area contributed by atoms with E-state index in [9.17, 15) is 9.59 Å². The summed E-state index contributed by atoms with van der Waals surface area (Å²) >= 11 is 0. The van der Waals surface area contributed by atoms with E-state index in [0.717, 1.165) is 19.3 Å². The molecule has 0 fully saturated rings. The molecule has 1 atom stereocenters. The Kier molecular flexibility index (Phi) is 10.4. The van der Waals surface area contributed by atoms with Gasteiger partial charge in [-0.25, -0.2) is 0 Å². The number of carbonyl (C=O) groups is 2. The third-order valence-corrected chi connectivity index (χ3v) is 2.75. The fraction of sp³-hybridized carbons (Fsp3) is 0.857. The van der Waals surface area contributed by atoms with Gasteiger partial charge in [0.15, 0.2) is 0 Å². The quantitative estimate of drug-likeness (QED) is 0.446. The van der Waals surface area contributed by atoms with Gasteiger partial charge in [0.1, 0.15) is 0 Å². The van der Waals surface area contributed by atoms with Crippen molar-refractivity contribution in [2.45, 2.75) is 59.3 Å². The summed E-state index contributed by atoms with van der Waals surface area (Å²) in [5, 5.41) is 0. The molecule has 0 saturated heterocycles. The van der Waals surface area contributed by atoms with Crippen LogP contribution in [0.25, 0.3) is 0 Å². The molecule has 0 aromatic rings. The highest BCUT2D eigenvalue weighted by atomic mass is 16.5. The van der Waals surface area contributed by atoms with Crippen molar-refractivity contribution in [2.75, 3.05) is 13.2 Å². The van der Waals surface area contributed by atoms with Gasteiger partial charge in [-0.2, -0.15) is 0 Å². The maximum atomic E-state index is 11.3. The van der Waals surface area contributed by atoms with E-state index in [1.807, 2.05) is 13.8 Å². The summed E-state index contributed by atoms with van der Waals surface area (Å²) in [4.78, 5) is 22.6. The van der Waals surface area contributed by atoms with Crippen LogP contribution in [-0.4, -0.2) is 25.2 Å². The van der Waals surface area contributed by atoms with E-state index in [1.54, 1.807) is 0 Å². The lowest BCUT2D eigenvalue weighted by molar-refractivity contribution is -0.146. The minimum atomic E-state index is -0.225. The molecular weight excluding hydrogens is 232 g/mol. The van der Waals surface area contributed by atoms with Crippen LogP contribution in [0.1, 0.15) is 59.3 Å². The highest BCUT2D eigenvalue weighted by Crippen LogP contribution is 2.04. The van der Waals surface area contributed by atoms with E-state index >= 15 is 0 Å². The molecule has 0 bridgehead atoms. The molecule has 0 radical (unpaired) electrons. The van der Waals surface area contributed by atoms with Crippen LogP contribution in [0, 0.1) is 5.92 Å². The summed E-state index contributed by atoms with van der Waals surface area (Å²) < 4.78 is 10.1. The van der Waals surface area contributed by atoms with Crippen LogP contribution in [-0.2, 0) is 19.1 Å². The van der Waals surface area contributed by atoms with E-state index in [2.05, 4.69) is 6.92 Å². The smallest absolute Gasteiger partial charge is 0.305 e. The van der Waals surface area contributed by atoms with Crippen LogP contribution < -0.4 is 0 Å². The molecule has 4 heteroatoms. The van der Waals surface area contributed by atoms with Gasteiger partial charge in [-0.15, -0.1) is 0 Å². The monoisotopic (exact) mass is 258 g/mol. The average molecular weight is 258 g/mol. The highest BCUT2D eigenvalue weighted by molar-refractivity contribution is 5.72. The zero-order valence-corrected chi connectivity index (χ0v) is 11.9. The van der Waals surface area contributed by atoms with Crippen molar-refractivity contribution in [3.8, 4) is 0 Å². The van der Waals surface area contributed by atoms with Crippen molar-refractivity contribution in [2.24, 2.45) is 5.92 Å². The molecule has 4 nitrogen and oxygen atoms in total. The molecule has 0 heterocycles. The van der Waals surface area contributed by atoms with Gasteiger partial charge >= 0.3 is 11.9 Å². The van der Waals surface area contributed by atoms with Gasteiger partial charge in [0.2, 0.25) is 0 Å². The third-order valence-electron chi connectivity index (χ3n) is 2.75. The lowest BCUT2D eigenvalue weighted by Crippen LogP contribution is -2.12. The normalized spacial score (nSPS) is 11.9. The lowest BCUT2D eigenvalue weighted by Gasteiger charge is -2.09. The Morgan fingerprint density at radius 2 is 1.61 bits per heavy atom. The summed E-state index contributed by atoms with van der Waals surface area (Å²) in [6, 6.07) is 0. The predicted octanol–water partition coefficient (Wildman–Crippen LogP) is 3.09. The van der Waals surface area contributed by atoms with Crippen LogP contribution in [0.4, 0.5) is 0 Å². The molecule has 106 valence electrons. The Balaban J connectivity index is 3.47. The van der Waals surface area contributed by atoms with Crippen molar-refractivity contribution in [1.29, 1.82) is 0 Å². The molecular formula is C14H26O4. The van der Waals surface area contributed by atoms with Crippen molar-refractivity contribution < 1.29 is 19.1 Å². The number of ether oxygens (including phenoxy) is 2. The molecule has 0 aliphatic heterocycles. The predicted molar refractivity (Wildman–Crippen MR) is 70.1 cm³/mol. The molecule has 0 aromatic heterocycles. The molecule has 0 spiro atoms. The number of hydrogen-bond acceptors (Lipinski definition) is 4. The molecule has 0 aliphatic carbocycles. The lowest BCUT2D eigenvalue weighted by atomic mass is 10.1. The first-order valence-electron chi connectivity index (χ1n) is 6.91. The Bertz CT molecular complexity index is 238. The van der Waals surface area contributed by atoms with Gasteiger partial charge in [-0.1, -0.05) is 33.6 Å². The van der Waals surface area contributed by atoms with E-state index in [-0.39, 0.29) is 11.9 Å². The Labute approximate surface area is 110 Å². The van der Waals surface area contributed by atoms with Crippen molar-refractivity contribution in [3.05, 3.63) is 0 Å². The topological polar surface area (TPSA) is 52.6 Å². The maximum absolute atomic E-state index is 11.3. The number of hydrogen-bond donors (Lipinski definition) is 0. The minimum Gasteiger partial charge on any atom is -0.466 e. The zero-order valence-electron chi connectivity index (χ0n) is 11.9. The number of unbranched alkanes of at least 4 members (excludes halogenated alkanes) is 1. The Morgan fingerprint density at radius 3 is 2.17 bits per heavy atom. The molecule has 0 rings (SSSR count). The van der Waals surface area contributed by atoms with Crippen LogP contribution in [0.3, 0.4) is 0 Å². The summed E-state index contributed by atoms with van der Waals surface area (Å²) in [5.41, 5.74) is 0. The van der Waals surface area contributed by atoms with Crippen LogP contribution in [0.5, 0.6) is 0 Å². The second-order valence-corrected chi connectivity index (χ2v) is 4.62. The van der Waals surface area contributed by atoms with E-state index in [4.69, 9.17) is 9.47 Å². The maximum Gasteiger partial charge on any atom is 0.305 e. The summed E-state index contributed by atoms with van der Waals surface area (Å²) in [6.45, 7) is 7.09. The third kappa shape index (κ3) is 10.1. The van der Waals surface area contributed by atoms with Gasteiger partial charge in [-0.05, 0) is 18.8 Å². The first kappa shape index (κ1) is 16.9. The zero-order chi connectivity index (χ0) is 13.8. The largest absolute Gasteiger partial charge is 0.466 e. The fourth-order valence-corrected chi connectivity index (χ4v) is 1.20. The van der Waals surface area contributed by atoms with E-state index in [0.29, 0.717) is 38.4 Å². The van der Waals surface area contributed by atoms with Gasteiger partial charge in [-0.3, -0.25) is 9.59 Å². The highest BCUT2D eigenvalue weighted by Gasteiger charge is 2.08. The first-order chi connectivity index (χ1) is 8.60. The van der Waals surface area contributed by atoms with Crippen molar-refractivity contribution >= 4 is 11.9 Å². The van der Waals surface area contributed by atoms with Gasteiger partial charge in [0.25, 0.3) is 0 Å². The number of rotatable bonds is 10. The number of esters is 2. The van der Waals surface area contributed by atoms with Crippen LogP contribution in [0.15, 0.2) is 0 Å². The fourth-order valence-electron chi connectivity index (χ4n) is 1.20. The SMILES string of the molecule is CCCCOC(=O)CCCC(=O)OCC(C)CC. The summed E-state index contributed by atoms with van der Waals surface area (Å²) in [7, 11) is 0. The molecule has 0 amide bonds. The van der Waals surface area contributed by atoms with E-state index < -0.39 is 0 Å². The first-order valence-corrected chi connectivity index (χ1v) is 6.91. The van der Waals surface area contributed by atoms with E-state index in [1.165, 1.54) is 0 Å². The summed E-state index contributed by atoms with van der Waals surface area (Å²) in [6.07, 6.45) is 3.99. The second kappa shape index (κ2) is 11.1. The van der Waals surface area contributed by atoms with Gasteiger partial charge < -0.3 is 9.47 Å². The Morgan fingerprint density at radius 1 is 1.00 bits per heavy atom. The van der Waals surface area contributed by atoms with Crippen LogP contribution >= 0.6 is 0 Å². The van der Waals surface area contributed by atoms with Crippen LogP contribution in [0.2, 0.25) is 0 Å². The standard InChI is InChI=1S/C14H26O4/c1-4-6-10-17-13(15)8-7-9-14(16)18-11-12(3)5-2/h12H,4-11H2,1-3H3. The second-order valence-electron chi connectivity index (χ2n) is 4.62. The molecule has 0 aliphatic rings. The molecule has 18 heavy (non-hydrogen) atoms. The molecule has 0 aromatic carbocycles. The van der Waals surface area contributed by atoms with Crippen molar-refractivity contribution in [1.82, 2.24) is 0 Å². The van der Waals surface area contributed by atoms with Gasteiger partial charge in [0, 0.05) is 12.8 Å². The Hall–Kier alpha value is -1.06. The van der Waals surface area contributed by atoms with Crippen molar-refractivity contribution in [3.63, 3.8) is 0 Å². The minimum absolute atomic E-state index is 0.224. The molecule has 0 saturated carbocycles. The number of carbonyl (C=O) groups excluding carboxylic acids is 2. The van der Waals surface area contributed by atoms with Gasteiger partial charge in [0.05, 0.1) is 13.2 Å². The molecule has 1 unspecified atom stereocenters. The average Bonchev–Trinajstić information content (AvgIpc) is 2.36.